The first kappa shape index (κ1) is 17.5. The van der Waals surface area contributed by atoms with E-state index in [1.54, 1.807) is 7.11 Å². The Morgan fingerprint density at radius 3 is 2.96 bits per heavy atom. The van der Waals surface area contributed by atoms with E-state index >= 15 is 0 Å². The van der Waals surface area contributed by atoms with Crippen molar-refractivity contribution in [1.29, 1.82) is 0 Å². The summed E-state index contributed by atoms with van der Waals surface area (Å²) in [5.74, 6) is 1.64. The van der Waals surface area contributed by atoms with E-state index in [0.717, 1.165) is 30.6 Å². The van der Waals surface area contributed by atoms with Crippen molar-refractivity contribution in [3.05, 3.63) is 36.0 Å². The molecular formula is C19H24N6O2. The zero-order valence-electron chi connectivity index (χ0n) is 15.3. The molecule has 0 amide bonds. The summed E-state index contributed by atoms with van der Waals surface area (Å²) < 4.78 is 7.24. The monoisotopic (exact) mass is 368 g/mol. The zero-order chi connectivity index (χ0) is 18.8. The van der Waals surface area contributed by atoms with Gasteiger partial charge in [-0.3, -0.25) is 4.68 Å². The van der Waals surface area contributed by atoms with E-state index in [9.17, 15) is 5.11 Å². The van der Waals surface area contributed by atoms with Crippen LogP contribution in [-0.2, 0) is 6.54 Å². The molecule has 4 N–H and O–H groups in total. The number of aliphatic hydroxyl groups excluding tert-OH is 1. The third-order valence-corrected chi connectivity index (χ3v) is 4.94. The number of aliphatic hydroxyl groups is 1. The fourth-order valence-electron chi connectivity index (χ4n) is 3.66. The molecule has 2 atom stereocenters. The van der Waals surface area contributed by atoms with E-state index in [4.69, 9.17) is 10.5 Å². The molecule has 0 spiro atoms. The van der Waals surface area contributed by atoms with Gasteiger partial charge in [-0.2, -0.15) is 10.1 Å². The molecule has 8 heteroatoms. The molecular weight excluding hydrogens is 344 g/mol. The van der Waals surface area contributed by atoms with Crippen LogP contribution in [0.1, 0.15) is 31.2 Å². The number of hydrogen-bond donors (Lipinski definition) is 3. The highest BCUT2D eigenvalue weighted by Crippen LogP contribution is 2.26. The van der Waals surface area contributed by atoms with Gasteiger partial charge in [0.2, 0.25) is 5.95 Å². The Labute approximate surface area is 157 Å². The number of fused-ring (bicyclic) bond motifs is 1. The lowest BCUT2D eigenvalue weighted by Gasteiger charge is -2.27. The molecule has 1 saturated carbocycles. The minimum atomic E-state index is -0.269. The fourth-order valence-corrected chi connectivity index (χ4v) is 3.66. The molecule has 0 bridgehead atoms. The quantitative estimate of drug-likeness (QED) is 0.633. The van der Waals surface area contributed by atoms with Crippen molar-refractivity contribution in [1.82, 2.24) is 19.7 Å². The van der Waals surface area contributed by atoms with Crippen LogP contribution in [0.25, 0.3) is 11.0 Å². The predicted molar refractivity (Wildman–Crippen MR) is 104 cm³/mol. The molecule has 2 heterocycles. The molecule has 0 radical (unpaired) electrons. The summed E-state index contributed by atoms with van der Waals surface area (Å²) in [6, 6.07) is 8.01. The minimum absolute atomic E-state index is 0.158. The topological polar surface area (TPSA) is 111 Å². The minimum Gasteiger partial charge on any atom is -0.496 e. The van der Waals surface area contributed by atoms with E-state index in [1.807, 2.05) is 35.1 Å². The van der Waals surface area contributed by atoms with E-state index in [2.05, 4.69) is 20.4 Å². The summed E-state index contributed by atoms with van der Waals surface area (Å²) in [5, 5.41) is 18.0. The van der Waals surface area contributed by atoms with Crippen molar-refractivity contribution in [3.8, 4) is 5.75 Å². The van der Waals surface area contributed by atoms with Gasteiger partial charge in [0.15, 0.2) is 11.3 Å². The SMILES string of the molecule is COc1ccccc1Cn1cc2nc(N)nc(N[C@H]3CCC[C@H](O)C3)c2n1. The van der Waals surface area contributed by atoms with Gasteiger partial charge in [0.25, 0.3) is 0 Å². The van der Waals surface area contributed by atoms with Gasteiger partial charge in [-0.25, -0.2) is 4.98 Å². The largest absolute Gasteiger partial charge is 0.496 e. The standard InChI is InChI=1S/C19H24N6O2/c1-27-16-8-3-2-5-12(16)10-25-11-15-17(24-25)18(23-19(20)22-15)21-13-6-4-7-14(26)9-13/h2-3,5,8,11,13-14,26H,4,6-7,9-10H2,1H3,(H3,20,21,22,23)/t13-,14-/m0/s1. The maximum absolute atomic E-state index is 9.91. The Kier molecular flexibility index (Phi) is 4.81. The van der Waals surface area contributed by atoms with Crippen LogP contribution in [-0.4, -0.2) is 44.1 Å². The number of nitrogens with zero attached hydrogens (tertiary/aromatic N) is 4. The van der Waals surface area contributed by atoms with Gasteiger partial charge in [-0.15, -0.1) is 0 Å². The van der Waals surface area contributed by atoms with E-state index in [-0.39, 0.29) is 18.1 Å². The number of ether oxygens (including phenoxy) is 1. The number of anilines is 2. The van der Waals surface area contributed by atoms with Crippen LogP contribution in [0.2, 0.25) is 0 Å². The second-order valence-corrected chi connectivity index (χ2v) is 6.96. The Morgan fingerprint density at radius 1 is 1.30 bits per heavy atom. The Hall–Kier alpha value is -2.87. The smallest absolute Gasteiger partial charge is 0.222 e. The van der Waals surface area contributed by atoms with Gasteiger partial charge in [0, 0.05) is 11.6 Å². The van der Waals surface area contributed by atoms with Crippen LogP contribution in [0, 0.1) is 0 Å². The number of para-hydroxylation sites is 1. The molecule has 142 valence electrons. The van der Waals surface area contributed by atoms with Crippen molar-refractivity contribution in [2.45, 2.75) is 44.4 Å². The predicted octanol–water partition coefficient (Wildman–Crippen LogP) is 2.18. The van der Waals surface area contributed by atoms with Gasteiger partial charge in [-0.05, 0) is 31.7 Å². The summed E-state index contributed by atoms with van der Waals surface area (Å²) in [5.41, 5.74) is 8.29. The van der Waals surface area contributed by atoms with Crippen LogP contribution in [0.5, 0.6) is 5.75 Å². The molecule has 0 unspecified atom stereocenters. The first-order valence-electron chi connectivity index (χ1n) is 9.19. The highest BCUT2D eigenvalue weighted by atomic mass is 16.5. The first-order valence-corrected chi connectivity index (χ1v) is 9.19. The third kappa shape index (κ3) is 3.80. The van der Waals surface area contributed by atoms with Crippen LogP contribution >= 0.6 is 0 Å². The molecule has 3 aromatic rings. The lowest BCUT2D eigenvalue weighted by Crippen LogP contribution is -2.30. The van der Waals surface area contributed by atoms with Crippen molar-refractivity contribution in [3.63, 3.8) is 0 Å². The number of nitrogens with one attached hydrogen (secondary N) is 1. The number of rotatable bonds is 5. The van der Waals surface area contributed by atoms with Crippen molar-refractivity contribution < 1.29 is 9.84 Å². The van der Waals surface area contributed by atoms with Gasteiger partial charge in [-0.1, -0.05) is 18.2 Å². The summed E-state index contributed by atoms with van der Waals surface area (Å²) in [4.78, 5) is 8.66. The molecule has 8 nitrogen and oxygen atoms in total. The first-order chi connectivity index (χ1) is 13.1. The number of methoxy groups -OCH3 is 1. The Balaban J connectivity index is 1.63. The molecule has 0 aliphatic heterocycles. The average Bonchev–Trinajstić information content (AvgIpc) is 3.04. The zero-order valence-corrected chi connectivity index (χ0v) is 15.3. The van der Waals surface area contributed by atoms with E-state index < -0.39 is 0 Å². The van der Waals surface area contributed by atoms with Crippen LogP contribution < -0.4 is 15.8 Å². The molecule has 27 heavy (non-hydrogen) atoms. The van der Waals surface area contributed by atoms with Crippen LogP contribution in [0.15, 0.2) is 30.5 Å². The summed E-state index contributed by atoms with van der Waals surface area (Å²) in [7, 11) is 1.66. The molecule has 1 aromatic carbocycles. The van der Waals surface area contributed by atoms with Crippen molar-refractivity contribution in [2.24, 2.45) is 0 Å². The summed E-state index contributed by atoms with van der Waals surface area (Å²) in [6.45, 7) is 0.557. The average molecular weight is 368 g/mol. The van der Waals surface area contributed by atoms with E-state index in [0.29, 0.717) is 29.8 Å². The molecule has 4 rings (SSSR count). The molecule has 1 fully saturated rings. The van der Waals surface area contributed by atoms with Gasteiger partial charge < -0.3 is 20.9 Å². The number of aromatic nitrogens is 4. The van der Waals surface area contributed by atoms with Gasteiger partial charge >= 0.3 is 0 Å². The van der Waals surface area contributed by atoms with Crippen LogP contribution in [0.3, 0.4) is 0 Å². The maximum atomic E-state index is 9.91. The highest BCUT2D eigenvalue weighted by molar-refractivity contribution is 5.85. The summed E-state index contributed by atoms with van der Waals surface area (Å²) >= 11 is 0. The molecule has 0 saturated heterocycles. The highest BCUT2D eigenvalue weighted by Gasteiger charge is 2.22. The number of nitrogens with two attached hydrogens (primary N) is 1. The van der Waals surface area contributed by atoms with Gasteiger partial charge in [0.1, 0.15) is 11.3 Å². The second kappa shape index (κ2) is 7.40. The van der Waals surface area contributed by atoms with Crippen LogP contribution in [0.4, 0.5) is 11.8 Å². The fraction of sp³-hybridized carbons (Fsp3) is 0.421. The lowest BCUT2D eigenvalue weighted by molar-refractivity contribution is 0.124. The maximum Gasteiger partial charge on any atom is 0.222 e. The normalized spacial score (nSPS) is 19.9. The van der Waals surface area contributed by atoms with Crippen molar-refractivity contribution in [2.75, 3.05) is 18.2 Å². The van der Waals surface area contributed by atoms with Gasteiger partial charge in [0.05, 0.1) is 26.0 Å². The number of benzene rings is 1. The second-order valence-electron chi connectivity index (χ2n) is 6.96. The molecule has 1 aliphatic carbocycles. The summed E-state index contributed by atoms with van der Waals surface area (Å²) in [6.07, 6.45) is 5.13. The molecule has 2 aromatic heterocycles. The Bertz CT molecular complexity index is 941. The van der Waals surface area contributed by atoms with E-state index in [1.165, 1.54) is 0 Å². The number of nitrogen functional groups attached to an aromatic ring is 1. The molecule has 1 aliphatic rings. The van der Waals surface area contributed by atoms with Crippen molar-refractivity contribution >= 4 is 22.8 Å². The third-order valence-electron chi connectivity index (χ3n) is 4.94. The lowest BCUT2D eigenvalue weighted by atomic mass is 9.93. The number of hydrogen-bond acceptors (Lipinski definition) is 7. The Morgan fingerprint density at radius 2 is 2.15 bits per heavy atom.